The summed E-state index contributed by atoms with van der Waals surface area (Å²) in [5, 5.41) is 2.70. The summed E-state index contributed by atoms with van der Waals surface area (Å²) in [7, 11) is 0. The van der Waals surface area contributed by atoms with Crippen LogP contribution < -0.4 is 11.1 Å². The highest BCUT2D eigenvalue weighted by Gasteiger charge is 2.24. The fourth-order valence-corrected chi connectivity index (χ4v) is 1.63. The highest BCUT2D eigenvalue weighted by atomic mass is 16.6. The smallest absolute Gasteiger partial charge is 0.407 e. The molecule has 0 fully saturated rings. The number of hydrogen-bond donors (Lipinski definition) is 2. The minimum Gasteiger partial charge on any atom is -0.444 e. The first kappa shape index (κ1) is 16.7. The Morgan fingerprint density at radius 3 is 2.00 bits per heavy atom. The van der Waals surface area contributed by atoms with Gasteiger partial charge < -0.3 is 15.8 Å². The van der Waals surface area contributed by atoms with Gasteiger partial charge in [0.15, 0.2) is 0 Å². The Labute approximate surface area is 109 Å². The summed E-state index contributed by atoms with van der Waals surface area (Å²) in [6.07, 6.45) is 0.268. The molecule has 0 aliphatic carbocycles. The van der Waals surface area contributed by atoms with Crippen molar-refractivity contribution in [2.75, 3.05) is 0 Å². The van der Waals surface area contributed by atoms with Crippen molar-refractivity contribution >= 4 is 12.0 Å². The topological polar surface area (TPSA) is 81.4 Å². The largest absolute Gasteiger partial charge is 0.444 e. The van der Waals surface area contributed by atoms with E-state index in [1.165, 1.54) is 0 Å². The van der Waals surface area contributed by atoms with E-state index >= 15 is 0 Å². The van der Waals surface area contributed by atoms with Gasteiger partial charge in [-0.25, -0.2) is 4.79 Å². The SMILES string of the molecule is CC(C)(C)C[C@@H](CC(N)=O)NC(=O)OC(C)(C)C. The summed E-state index contributed by atoms with van der Waals surface area (Å²) in [6, 6.07) is -0.294. The van der Waals surface area contributed by atoms with E-state index in [1.807, 2.05) is 20.8 Å². The molecule has 0 aliphatic rings. The first-order chi connectivity index (χ1) is 7.89. The van der Waals surface area contributed by atoms with Gasteiger partial charge in [-0.3, -0.25) is 4.79 Å². The number of amides is 2. The van der Waals surface area contributed by atoms with Gasteiger partial charge in [0.1, 0.15) is 5.60 Å². The van der Waals surface area contributed by atoms with Crippen LogP contribution >= 0.6 is 0 Å². The number of rotatable bonds is 4. The average Bonchev–Trinajstić information content (AvgIpc) is 1.92. The monoisotopic (exact) mass is 258 g/mol. The van der Waals surface area contributed by atoms with E-state index in [2.05, 4.69) is 5.32 Å². The summed E-state index contributed by atoms with van der Waals surface area (Å²) >= 11 is 0. The van der Waals surface area contributed by atoms with Gasteiger partial charge in [-0.1, -0.05) is 20.8 Å². The van der Waals surface area contributed by atoms with Crippen LogP contribution in [0.25, 0.3) is 0 Å². The van der Waals surface area contributed by atoms with Crippen molar-refractivity contribution in [1.29, 1.82) is 0 Å². The normalized spacial score (nSPS) is 13.9. The number of nitrogens with one attached hydrogen (secondary N) is 1. The van der Waals surface area contributed by atoms with Crippen molar-refractivity contribution in [3.05, 3.63) is 0 Å². The van der Waals surface area contributed by atoms with Crippen LogP contribution in [0, 0.1) is 5.41 Å². The lowest BCUT2D eigenvalue weighted by molar-refractivity contribution is -0.118. The molecule has 0 aromatic rings. The van der Waals surface area contributed by atoms with Crippen LogP contribution in [-0.2, 0) is 9.53 Å². The number of carbonyl (C=O) groups excluding carboxylic acids is 2. The third kappa shape index (κ3) is 9.93. The molecule has 0 aliphatic heterocycles. The highest BCUT2D eigenvalue weighted by molar-refractivity contribution is 5.76. The van der Waals surface area contributed by atoms with Crippen molar-refractivity contribution in [3.63, 3.8) is 0 Å². The Morgan fingerprint density at radius 2 is 1.67 bits per heavy atom. The predicted molar refractivity (Wildman–Crippen MR) is 71.0 cm³/mol. The minimum atomic E-state index is -0.552. The molecule has 0 aromatic carbocycles. The van der Waals surface area contributed by atoms with Gasteiger partial charge >= 0.3 is 6.09 Å². The Bertz CT molecular complexity index is 300. The summed E-state index contributed by atoms with van der Waals surface area (Å²) in [5.74, 6) is -0.430. The van der Waals surface area contributed by atoms with Crippen LogP contribution in [-0.4, -0.2) is 23.6 Å². The molecule has 0 spiro atoms. The highest BCUT2D eigenvalue weighted by Crippen LogP contribution is 2.22. The van der Waals surface area contributed by atoms with Crippen molar-refractivity contribution in [2.24, 2.45) is 11.1 Å². The molecule has 0 aromatic heterocycles. The van der Waals surface area contributed by atoms with Gasteiger partial charge in [0.05, 0.1) is 0 Å². The zero-order chi connectivity index (χ0) is 14.6. The number of alkyl carbamates (subject to hydrolysis) is 1. The van der Waals surface area contributed by atoms with Crippen molar-refractivity contribution < 1.29 is 14.3 Å². The van der Waals surface area contributed by atoms with Crippen molar-refractivity contribution in [2.45, 2.75) is 66.0 Å². The third-order valence-electron chi connectivity index (χ3n) is 2.03. The van der Waals surface area contributed by atoms with Gasteiger partial charge in [-0.2, -0.15) is 0 Å². The molecule has 2 amide bonds. The molecular weight excluding hydrogens is 232 g/mol. The Balaban J connectivity index is 4.50. The quantitative estimate of drug-likeness (QED) is 0.811. The Hall–Kier alpha value is -1.26. The first-order valence-corrected chi connectivity index (χ1v) is 6.17. The molecule has 3 N–H and O–H groups in total. The van der Waals surface area contributed by atoms with Crippen molar-refractivity contribution in [1.82, 2.24) is 5.32 Å². The van der Waals surface area contributed by atoms with Gasteiger partial charge in [0.2, 0.25) is 5.91 Å². The molecule has 106 valence electrons. The van der Waals surface area contributed by atoms with Crippen LogP contribution in [0.5, 0.6) is 0 Å². The summed E-state index contributed by atoms with van der Waals surface area (Å²) in [6.45, 7) is 11.5. The fourth-order valence-electron chi connectivity index (χ4n) is 1.63. The van der Waals surface area contributed by atoms with E-state index in [4.69, 9.17) is 10.5 Å². The van der Waals surface area contributed by atoms with E-state index in [0.717, 1.165) is 0 Å². The second kappa shape index (κ2) is 6.07. The summed E-state index contributed by atoms with van der Waals surface area (Å²) in [5.41, 5.74) is 4.63. The van der Waals surface area contributed by atoms with E-state index in [1.54, 1.807) is 20.8 Å². The molecule has 0 saturated carbocycles. The van der Waals surface area contributed by atoms with Gasteiger partial charge in [-0.05, 0) is 32.6 Å². The van der Waals surface area contributed by atoms with Crippen LogP contribution in [0.3, 0.4) is 0 Å². The number of primary amides is 1. The van der Waals surface area contributed by atoms with Crippen LogP contribution in [0.15, 0.2) is 0 Å². The lowest BCUT2D eigenvalue weighted by atomic mass is 9.87. The van der Waals surface area contributed by atoms with E-state index in [9.17, 15) is 9.59 Å². The van der Waals surface area contributed by atoms with E-state index in [0.29, 0.717) is 6.42 Å². The molecule has 18 heavy (non-hydrogen) atoms. The molecule has 0 bridgehead atoms. The molecule has 5 nitrogen and oxygen atoms in total. The molecule has 0 saturated heterocycles. The number of carbonyl (C=O) groups is 2. The number of hydrogen-bond acceptors (Lipinski definition) is 3. The maximum atomic E-state index is 11.7. The van der Waals surface area contributed by atoms with Gasteiger partial charge in [-0.15, -0.1) is 0 Å². The minimum absolute atomic E-state index is 0.00483. The van der Waals surface area contributed by atoms with Gasteiger partial charge in [0.25, 0.3) is 0 Å². The molecule has 0 rings (SSSR count). The molecule has 5 heteroatoms. The third-order valence-corrected chi connectivity index (χ3v) is 2.03. The standard InChI is InChI=1S/C13H26N2O3/c1-12(2,3)8-9(7-10(14)16)15-11(17)18-13(4,5)6/h9H,7-8H2,1-6H3,(H2,14,16)(H,15,17)/t9-/m1/s1. The van der Waals surface area contributed by atoms with Crippen LogP contribution in [0.4, 0.5) is 4.79 Å². The second-order valence-corrected chi connectivity index (χ2v) is 6.78. The Morgan fingerprint density at radius 1 is 1.17 bits per heavy atom. The van der Waals surface area contributed by atoms with Crippen LogP contribution in [0.1, 0.15) is 54.4 Å². The van der Waals surface area contributed by atoms with E-state index in [-0.39, 0.29) is 17.9 Å². The summed E-state index contributed by atoms with van der Waals surface area (Å²) < 4.78 is 5.16. The second-order valence-electron chi connectivity index (χ2n) is 6.78. The molecule has 0 radical (unpaired) electrons. The maximum absolute atomic E-state index is 11.7. The lowest BCUT2D eigenvalue weighted by Crippen LogP contribution is -2.42. The average molecular weight is 258 g/mol. The maximum Gasteiger partial charge on any atom is 0.407 e. The number of ether oxygens (including phenoxy) is 1. The number of nitrogens with two attached hydrogens (primary N) is 1. The summed E-state index contributed by atoms with van der Waals surface area (Å²) in [4.78, 5) is 22.6. The lowest BCUT2D eigenvalue weighted by Gasteiger charge is -2.27. The van der Waals surface area contributed by atoms with Gasteiger partial charge in [0, 0.05) is 12.5 Å². The Kier molecular flexibility index (Phi) is 5.64. The van der Waals surface area contributed by atoms with Crippen LogP contribution in [0.2, 0.25) is 0 Å². The molecular formula is C13H26N2O3. The zero-order valence-electron chi connectivity index (χ0n) is 12.3. The van der Waals surface area contributed by atoms with E-state index < -0.39 is 17.6 Å². The fraction of sp³-hybridized carbons (Fsp3) is 0.846. The van der Waals surface area contributed by atoms with Crippen molar-refractivity contribution in [3.8, 4) is 0 Å². The molecule has 0 unspecified atom stereocenters. The molecule has 1 atom stereocenters. The predicted octanol–water partition coefficient (Wildman–Crippen LogP) is 2.19. The zero-order valence-corrected chi connectivity index (χ0v) is 12.3. The molecule has 0 heterocycles. The first-order valence-electron chi connectivity index (χ1n) is 6.17.